The molecule has 1 fully saturated rings. The van der Waals surface area contributed by atoms with Crippen LogP contribution in [-0.2, 0) is 11.2 Å². The average Bonchev–Trinajstić information content (AvgIpc) is 2.48. The van der Waals surface area contributed by atoms with Crippen LogP contribution in [0.5, 0.6) is 5.75 Å². The average molecular weight is 392 g/mol. The van der Waals surface area contributed by atoms with E-state index < -0.39 is 0 Å². The standard InChI is InChI=1S/C16H23BrN2O2.ClH/c1-21-15-7-6-13(17)8-12(15)9-16(20)19-14-5-3-2-4-11(14)10-18;/h6-8,11,14H,2-5,9-10,18H2,1H3,(H,19,20);1H. The van der Waals surface area contributed by atoms with Crippen molar-refractivity contribution in [3.63, 3.8) is 0 Å². The molecule has 0 saturated heterocycles. The lowest BCUT2D eigenvalue weighted by Gasteiger charge is -2.31. The first-order valence-electron chi connectivity index (χ1n) is 7.46. The molecular weight excluding hydrogens is 368 g/mol. The molecular formula is C16H24BrClN2O2. The van der Waals surface area contributed by atoms with Gasteiger partial charge in [0.15, 0.2) is 0 Å². The summed E-state index contributed by atoms with van der Waals surface area (Å²) in [4.78, 5) is 12.3. The van der Waals surface area contributed by atoms with Crippen molar-refractivity contribution in [3.8, 4) is 5.75 Å². The van der Waals surface area contributed by atoms with E-state index in [9.17, 15) is 4.79 Å². The first-order chi connectivity index (χ1) is 10.1. The van der Waals surface area contributed by atoms with E-state index in [2.05, 4.69) is 21.2 Å². The largest absolute Gasteiger partial charge is 0.496 e. The highest BCUT2D eigenvalue weighted by molar-refractivity contribution is 9.10. The number of benzene rings is 1. The number of rotatable bonds is 5. The lowest BCUT2D eigenvalue weighted by Crippen LogP contribution is -2.45. The topological polar surface area (TPSA) is 64.3 Å². The molecule has 2 rings (SSSR count). The summed E-state index contributed by atoms with van der Waals surface area (Å²) in [6.45, 7) is 0.644. The SMILES string of the molecule is COc1ccc(Br)cc1CC(=O)NC1CCCCC1CN.Cl. The summed E-state index contributed by atoms with van der Waals surface area (Å²) in [5.74, 6) is 1.19. The molecule has 0 radical (unpaired) electrons. The molecule has 2 unspecified atom stereocenters. The third kappa shape index (κ3) is 5.14. The Morgan fingerprint density at radius 1 is 1.41 bits per heavy atom. The monoisotopic (exact) mass is 390 g/mol. The molecule has 1 aromatic carbocycles. The van der Waals surface area contributed by atoms with Crippen LogP contribution in [-0.4, -0.2) is 25.6 Å². The summed E-state index contributed by atoms with van der Waals surface area (Å²) in [6.07, 6.45) is 4.86. The summed E-state index contributed by atoms with van der Waals surface area (Å²) in [6, 6.07) is 5.93. The molecule has 1 aromatic rings. The van der Waals surface area contributed by atoms with Crippen LogP contribution in [0, 0.1) is 5.92 Å². The molecule has 0 aliphatic heterocycles. The zero-order valence-electron chi connectivity index (χ0n) is 12.8. The van der Waals surface area contributed by atoms with Gasteiger partial charge in [-0.15, -0.1) is 12.4 Å². The zero-order valence-corrected chi connectivity index (χ0v) is 15.2. The van der Waals surface area contributed by atoms with Crippen LogP contribution in [0.2, 0.25) is 0 Å². The fourth-order valence-corrected chi connectivity index (χ4v) is 3.40. The van der Waals surface area contributed by atoms with E-state index in [4.69, 9.17) is 10.5 Å². The Morgan fingerprint density at radius 2 is 2.14 bits per heavy atom. The summed E-state index contributed by atoms with van der Waals surface area (Å²) in [5, 5.41) is 3.15. The molecule has 4 nitrogen and oxygen atoms in total. The maximum Gasteiger partial charge on any atom is 0.224 e. The molecule has 6 heteroatoms. The zero-order chi connectivity index (χ0) is 15.2. The van der Waals surface area contributed by atoms with Gasteiger partial charge < -0.3 is 15.8 Å². The summed E-state index contributed by atoms with van der Waals surface area (Å²) >= 11 is 3.43. The molecule has 0 heterocycles. The number of nitrogens with two attached hydrogens (primary N) is 1. The minimum absolute atomic E-state index is 0. The van der Waals surface area contributed by atoms with Gasteiger partial charge in [-0.25, -0.2) is 0 Å². The van der Waals surface area contributed by atoms with E-state index >= 15 is 0 Å². The first kappa shape index (κ1) is 19.3. The molecule has 2 atom stereocenters. The maximum atomic E-state index is 12.3. The van der Waals surface area contributed by atoms with Crippen molar-refractivity contribution in [1.29, 1.82) is 0 Å². The number of methoxy groups -OCH3 is 1. The number of amides is 1. The van der Waals surface area contributed by atoms with Crippen molar-refractivity contribution in [2.45, 2.75) is 38.1 Å². The van der Waals surface area contributed by atoms with Crippen molar-refractivity contribution in [1.82, 2.24) is 5.32 Å². The number of ether oxygens (including phenoxy) is 1. The van der Waals surface area contributed by atoms with Crippen LogP contribution in [0.3, 0.4) is 0 Å². The predicted octanol–water partition coefficient (Wildman–Crippen LogP) is 3.06. The van der Waals surface area contributed by atoms with E-state index in [-0.39, 0.29) is 24.4 Å². The van der Waals surface area contributed by atoms with Crippen molar-refractivity contribution in [3.05, 3.63) is 28.2 Å². The number of carbonyl (C=O) groups is 1. The quantitative estimate of drug-likeness (QED) is 0.811. The van der Waals surface area contributed by atoms with Crippen LogP contribution in [0.4, 0.5) is 0 Å². The predicted molar refractivity (Wildman–Crippen MR) is 94.6 cm³/mol. The summed E-state index contributed by atoms with van der Waals surface area (Å²) in [5.41, 5.74) is 6.70. The third-order valence-corrected chi connectivity index (χ3v) is 4.64. The first-order valence-corrected chi connectivity index (χ1v) is 8.25. The van der Waals surface area contributed by atoms with Gasteiger partial charge in [0.2, 0.25) is 5.91 Å². The van der Waals surface area contributed by atoms with Gasteiger partial charge in [0.05, 0.1) is 13.5 Å². The van der Waals surface area contributed by atoms with Gasteiger partial charge in [-0.05, 0) is 43.5 Å². The van der Waals surface area contributed by atoms with E-state index in [1.54, 1.807) is 7.11 Å². The fraction of sp³-hybridized carbons (Fsp3) is 0.562. The second-order valence-electron chi connectivity index (χ2n) is 5.59. The van der Waals surface area contributed by atoms with E-state index in [1.807, 2.05) is 18.2 Å². The number of nitrogens with one attached hydrogen (secondary N) is 1. The maximum absolute atomic E-state index is 12.3. The third-order valence-electron chi connectivity index (χ3n) is 4.15. The highest BCUT2D eigenvalue weighted by atomic mass is 79.9. The Hall–Kier alpha value is -0.780. The minimum Gasteiger partial charge on any atom is -0.496 e. The summed E-state index contributed by atoms with van der Waals surface area (Å²) < 4.78 is 6.26. The minimum atomic E-state index is 0. The van der Waals surface area contributed by atoms with Crippen LogP contribution < -0.4 is 15.8 Å². The molecule has 0 aromatic heterocycles. The van der Waals surface area contributed by atoms with Crippen LogP contribution in [0.1, 0.15) is 31.2 Å². The number of halogens is 2. The molecule has 0 spiro atoms. The van der Waals surface area contributed by atoms with Gasteiger partial charge in [0, 0.05) is 16.1 Å². The molecule has 1 aliphatic rings. The Kier molecular flexibility index (Phi) is 8.21. The van der Waals surface area contributed by atoms with Gasteiger partial charge in [-0.1, -0.05) is 28.8 Å². The van der Waals surface area contributed by atoms with Crippen molar-refractivity contribution < 1.29 is 9.53 Å². The molecule has 124 valence electrons. The Bertz CT molecular complexity index is 499. The smallest absolute Gasteiger partial charge is 0.224 e. The van der Waals surface area contributed by atoms with Crippen LogP contribution in [0.25, 0.3) is 0 Å². The molecule has 1 saturated carbocycles. The lowest BCUT2D eigenvalue weighted by atomic mass is 9.84. The van der Waals surface area contributed by atoms with Gasteiger partial charge in [0.1, 0.15) is 5.75 Å². The highest BCUT2D eigenvalue weighted by Crippen LogP contribution is 2.25. The van der Waals surface area contributed by atoms with E-state index in [0.29, 0.717) is 18.9 Å². The number of hydrogen-bond acceptors (Lipinski definition) is 3. The molecule has 1 amide bonds. The molecule has 1 aliphatic carbocycles. The Labute approximate surface area is 146 Å². The molecule has 0 bridgehead atoms. The Morgan fingerprint density at radius 3 is 2.82 bits per heavy atom. The van der Waals surface area contributed by atoms with Crippen LogP contribution in [0.15, 0.2) is 22.7 Å². The van der Waals surface area contributed by atoms with Crippen LogP contribution >= 0.6 is 28.3 Å². The Balaban J connectivity index is 0.00000242. The van der Waals surface area contributed by atoms with Gasteiger partial charge in [-0.2, -0.15) is 0 Å². The van der Waals surface area contributed by atoms with Gasteiger partial charge in [0.25, 0.3) is 0 Å². The number of carbonyl (C=O) groups excluding carboxylic acids is 1. The lowest BCUT2D eigenvalue weighted by molar-refractivity contribution is -0.121. The van der Waals surface area contributed by atoms with Crippen molar-refractivity contribution in [2.24, 2.45) is 11.7 Å². The molecule has 22 heavy (non-hydrogen) atoms. The second-order valence-corrected chi connectivity index (χ2v) is 6.50. The van der Waals surface area contributed by atoms with E-state index in [0.717, 1.165) is 28.6 Å². The van der Waals surface area contributed by atoms with Gasteiger partial charge >= 0.3 is 0 Å². The second kappa shape index (κ2) is 9.38. The van der Waals surface area contributed by atoms with E-state index in [1.165, 1.54) is 12.8 Å². The number of hydrogen-bond donors (Lipinski definition) is 2. The van der Waals surface area contributed by atoms with Gasteiger partial charge in [-0.3, -0.25) is 4.79 Å². The molecule has 3 N–H and O–H groups in total. The van der Waals surface area contributed by atoms with Crippen molar-refractivity contribution in [2.75, 3.05) is 13.7 Å². The normalized spacial score (nSPS) is 20.9. The summed E-state index contributed by atoms with van der Waals surface area (Å²) in [7, 11) is 1.62. The van der Waals surface area contributed by atoms with Crippen molar-refractivity contribution >= 4 is 34.2 Å². The highest BCUT2D eigenvalue weighted by Gasteiger charge is 2.25. The fourth-order valence-electron chi connectivity index (χ4n) is 3.00.